The van der Waals surface area contributed by atoms with E-state index in [4.69, 9.17) is 19.9 Å². The Hall–Kier alpha value is -5.67. The van der Waals surface area contributed by atoms with E-state index in [-0.39, 0.29) is 36.0 Å². The number of fused-ring (bicyclic) bond motifs is 2. The fraction of sp³-hybridized carbons (Fsp3) is 0.368. The first-order valence-corrected chi connectivity index (χ1v) is 17.8. The van der Waals surface area contributed by atoms with Crippen LogP contribution >= 0.6 is 12.4 Å². The van der Waals surface area contributed by atoms with E-state index < -0.39 is 5.97 Å². The molecule has 2 unspecified atom stereocenters. The Morgan fingerprint density at radius 2 is 1.33 bits per heavy atom. The van der Waals surface area contributed by atoms with E-state index in [2.05, 4.69) is 60.1 Å². The molecule has 0 saturated heterocycles. The van der Waals surface area contributed by atoms with Crippen molar-refractivity contribution < 1.29 is 23.7 Å². The summed E-state index contributed by atoms with van der Waals surface area (Å²) in [6.45, 7) is 3.99. The summed E-state index contributed by atoms with van der Waals surface area (Å²) in [6.07, 6.45) is 13.8. The number of halogens is 1. The summed E-state index contributed by atoms with van der Waals surface area (Å²) in [5.41, 5.74) is 13.9. The van der Waals surface area contributed by atoms with Crippen molar-refractivity contribution in [3.63, 3.8) is 0 Å². The molecule has 2 aliphatic carbocycles. The Labute approximate surface area is 318 Å². The highest BCUT2D eigenvalue weighted by Gasteiger charge is 2.24. The van der Waals surface area contributed by atoms with Gasteiger partial charge in [0.05, 0.1) is 29.6 Å². The van der Waals surface area contributed by atoms with Crippen LogP contribution in [0.4, 0.5) is 0 Å². The molecule has 8 rings (SSSR count). The van der Waals surface area contributed by atoms with E-state index in [0.29, 0.717) is 29.0 Å². The van der Waals surface area contributed by atoms with Crippen molar-refractivity contribution >= 4 is 24.3 Å². The van der Waals surface area contributed by atoms with Gasteiger partial charge in [0, 0.05) is 56.5 Å². The van der Waals surface area contributed by atoms with Gasteiger partial charge in [-0.1, -0.05) is 48.4 Å². The number of rotatable bonds is 7. The molecule has 0 saturated carbocycles. The molecule has 6 aromatic rings. The largest absolute Gasteiger partial charge is 0.478 e. The summed E-state index contributed by atoms with van der Waals surface area (Å²) in [5.74, 6) is 1.58. The van der Waals surface area contributed by atoms with E-state index in [1.165, 1.54) is 33.8 Å². The lowest BCUT2D eigenvalue weighted by molar-refractivity contribution is 0.0696. The second kappa shape index (κ2) is 17.9. The van der Waals surface area contributed by atoms with Gasteiger partial charge in [-0.3, -0.25) is 14.2 Å². The van der Waals surface area contributed by atoms with Crippen LogP contribution in [-0.2, 0) is 39.8 Å². The maximum absolute atomic E-state index is 12.5. The molecule has 4 heterocycles. The summed E-state index contributed by atoms with van der Waals surface area (Å²) in [6, 6.07) is 12.7. The number of amides is 1. The first kappa shape index (κ1) is 39.5. The third-order valence-corrected chi connectivity index (χ3v) is 9.24. The van der Waals surface area contributed by atoms with Crippen LogP contribution in [0.3, 0.4) is 0 Å². The third kappa shape index (κ3) is 9.46. The van der Waals surface area contributed by atoms with E-state index in [1.54, 1.807) is 31.2 Å². The number of nitrogens with one attached hydrogen (secondary N) is 1. The zero-order chi connectivity index (χ0) is 37.5. The number of carboxylic acid groups (broad SMARTS) is 1. The fourth-order valence-corrected chi connectivity index (χ4v) is 6.44. The molecule has 4 aromatic heterocycles. The van der Waals surface area contributed by atoms with Crippen molar-refractivity contribution in [3.8, 4) is 22.8 Å². The molecule has 284 valence electrons. The van der Waals surface area contributed by atoms with E-state index in [1.807, 2.05) is 26.0 Å². The Kier molecular flexibility index (Phi) is 13.1. The summed E-state index contributed by atoms with van der Waals surface area (Å²) in [4.78, 5) is 31.4. The number of hydrogen-bond donors (Lipinski definition) is 3. The van der Waals surface area contributed by atoms with Crippen LogP contribution in [0.15, 0.2) is 70.2 Å². The summed E-state index contributed by atoms with van der Waals surface area (Å²) in [5, 5.41) is 27.3. The molecular weight excluding hydrogens is 712 g/mol. The standard InChI is InChI=1S/C19H21N5O2.C14H17N3O.C5H6N2O2.ClH/c1-3-17-22-18(23-26-17)13-7-8-15-12(9-13)5-4-6-16(15)21-19(25)14-10-20-24(2)11-14;1-2-13-16-14(17-18-13)10-6-7-11-9(8-10)4-3-5-12(11)15;1-7-3-4(2-6-7)5(8)9;/h7-11,16H,3-6H2,1-2H3,(H,21,25);6-8,12H,2-5,15H2,1H3;2-3H,1H3,(H,8,9);1H. The van der Waals surface area contributed by atoms with Gasteiger partial charge in [-0.15, -0.1) is 12.4 Å². The predicted octanol–water partition coefficient (Wildman–Crippen LogP) is 6.02. The van der Waals surface area contributed by atoms with Crippen molar-refractivity contribution in [2.24, 2.45) is 19.8 Å². The van der Waals surface area contributed by atoms with Crippen LogP contribution in [0.1, 0.15) is 106 Å². The van der Waals surface area contributed by atoms with Gasteiger partial charge in [-0.2, -0.15) is 20.2 Å². The summed E-state index contributed by atoms with van der Waals surface area (Å²) < 4.78 is 13.4. The number of nitrogens with zero attached hydrogens (tertiary/aromatic N) is 8. The van der Waals surface area contributed by atoms with Crippen LogP contribution in [0.25, 0.3) is 22.8 Å². The normalized spacial score (nSPS) is 15.6. The number of carbonyl (C=O) groups is 2. The van der Waals surface area contributed by atoms with E-state index in [0.717, 1.165) is 68.1 Å². The second-order valence-electron chi connectivity index (χ2n) is 13.1. The van der Waals surface area contributed by atoms with Crippen molar-refractivity contribution in [2.45, 2.75) is 77.3 Å². The van der Waals surface area contributed by atoms with Gasteiger partial charge < -0.3 is 25.2 Å². The molecule has 15 nitrogen and oxygen atoms in total. The minimum atomic E-state index is -0.942. The number of carboxylic acids is 1. The molecule has 2 atom stereocenters. The van der Waals surface area contributed by atoms with Gasteiger partial charge in [0.25, 0.3) is 5.91 Å². The van der Waals surface area contributed by atoms with E-state index in [9.17, 15) is 9.59 Å². The first-order chi connectivity index (χ1) is 25.6. The molecule has 0 spiro atoms. The van der Waals surface area contributed by atoms with Gasteiger partial charge >= 0.3 is 5.97 Å². The quantitative estimate of drug-likeness (QED) is 0.171. The monoisotopic (exact) mass is 756 g/mol. The molecule has 0 bridgehead atoms. The van der Waals surface area contributed by atoms with Gasteiger partial charge in [0.1, 0.15) is 0 Å². The number of aryl methyl sites for hydroxylation is 6. The first-order valence-electron chi connectivity index (χ1n) is 17.8. The number of nitrogens with two attached hydrogens (primary N) is 1. The summed E-state index contributed by atoms with van der Waals surface area (Å²) >= 11 is 0. The van der Waals surface area contributed by atoms with Gasteiger partial charge in [-0.25, -0.2) is 4.79 Å². The van der Waals surface area contributed by atoms with Crippen molar-refractivity contribution in [2.75, 3.05) is 0 Å². The Bertz CT molecular complexity index is 2190. The molecular formula is C38H45ClN10O5. The third-order valence-electron chi connectivity index (χ3n) is 9.24. The zero-order valence-electron chi connectivity index (χ0n) is 30.7. The molecule has 1 amide bonds. The zero-order valence-corrected chi connectivity index (χ0v) is 31.5. The molecule has 16 heteroatoms. The van der Waals surface area contributed by atoms with Crippen LogP contribution in [0, 0.1) is 0 Å². The molecule has 0 radical (unpaired) electrons. The maximum Gasteiger partial charge on any atom is 0.338 e. The number of aromatic nitrogens is 8. The smallest absolute Gasteiger partial charge is 0.338 e. The molecule has 4 N–H and O–H groups in total. The average Bonchev–Trinajstić information content (AvgIpc) is 4.00. The van der Waals surface area contributed by atoms with Crippen LogP contribution in [0.5, 0.6) is 0 Å². The van der Waals surface area contributed by atoms with Crippen molar-refractivity contribution in [1.82, 2.24) is 45.2 Å². The molecule has 2 aliphatic rings. The van der Waals surface area contributed by atoms with Crippen LogP contribution in [-0.4, -0.2) is 56.8 Å². The lowest BCUT2D eigenvalue weighted by Gasteiger charge is -2.26. The number of hydrogen-bond acceptors (Lipinski definition) is 11. The van der Waals surface area contributed by atoms with E-state index >= 15 is 0 Å². The highest BCUT2D eigenvalue weighted by molar-refractivity contribution is 5.94. The lowest BCUT2D eigenvalue weighted by atomic mass is 9.86. The topological polar surface area (TPSA) is 206 Å². The number of carbonyl (C=O) groups excluding carboxylic acids is 1. The molecule has 2 aromatic carbocycles. The van der Waals surface area contributed by atoms with Crippen LogP contribution in [0.2, 0.25) is 0 Å². The highest BCUT2D eigenvalue weighted by Crippen LogP contribution is 2.33. The summed E-state index contributed by atoms with van der Waals surface area (Å²) in [7, 11) is 3.47. The predicted molar refractivity (Wildman–Crippen MR) is 202 cm³/mol. The minimum absolute atomic E-state index is 0. The lowest BCUT2D eigenvalue weighted by Crippen LogP contribution is -2.30. The molecule has 0 fully saturated rings. The minimum Gasteiger partial charge on any atom is -0.478 e. The SMILES string of the molecule is CCc1nc(-c2ccc3c(c2)CCCC3N)no1.CCc1nc(-c2ccc3c(c2)CCCC3NC(=O)c2cnn(C)c2)no1.Cl.Cn1cc(C(=O)O)cn1. The number of aromatic carboxylic acids is 1. The van der Waals surface area contributed by atoms with Crippen LogP contribution < -0.4 is 11.1 Å². The van der Waals surface area contributed by atoms with Gasteiger partial charge in [0.15, 0.2) is 0 Å². The second-order valence-corrected chi connectivity index (χ2v) is 13.1. The Morgan fingerprint density at radius 1 is 0.815 bits per heavy atom. The molecule has 54 heavy (non-hydrogen) atoms. The Morgan fingerprint density at radius 3 is 1.81 bits per heavy atom. The number of benzene rings is 2. The average molecular weight is 757 g/mol. The molecule has 0 aliphatic heterocycles. The van der Waals surface area contributed by atoms with Crippen molar-refractivity contribution in [3.05, 3.63) is 106 Å². The van der Waals surface area contributed by atoms with Crippen molar-refractivity contribution in [1.29, 1.82) is 0 Å². The highest BCUT2D eigenvalue weighted by atomic mass is 35.5. The van der Waals surface area contributed by atoms with Gasteiger partial charge in [0.2, 0.25) is 23.4 Å². The Balaban J connectivity index is 0.000000173. The fourth-order valence-electron chi connectivity index (χ4n) is 6.44. The van der Waals surface area contributed by atoms with Gasteiger partial charge in [-0.05, 0) is 72.9 Å². The maximum atomic E-state index is 12.5.